The number of ether oxygens (including phenoxy) is 1. The molecule has 0 radical (unpaired) electrons. The van der Waals surface area contributed by atoms with E-state index in [2.05, 4.69) is 19.9 Å². The van der Waals surface area contributed by atoms with Gasteiger partial charge in [0.25, 0.3) is 0 Å². The fourth-order valence-electron chi connectivity index (χ4n) is 1.45. The molecule has 4 nitrogen and oxygen atoms in total. The molecule has 0 saturated heterocycles. The minimum atomic E-state index is -1.93. The minimum absolute atomic E-state index is 0.165. The number of hydrogen-bond acceptors (Lipinski definition) is 4. The van der Waals surface area contributed by atoms with Gasteiger partial charge in [-0.3, -0.25) is 0 Å². The van der Waals surface area contributed by atoms with E-state index in [-0.39, 0.29) is 6.61 Å². The molecule has 0 aromatic carbocycles. The monoisotopic (exact) mass is 270 g/mol. The Hall–Kier alpha value is -1.13. The maximum absolute atomic E-state index is 11.5. The van der Waals surface area contributed by atoms with E-state index in [4.69, 9.17) is 4.74 Å². The molecule has 0 saturated carbocycles. The standard InChI is InChI=1S/C15H26O4/c1-6-11(3)10-12(4)8-9-13(16)15(5,18)14(17)19-7-2/h8-11,13,16,18H,6-7H2,1-5H3/b9-8-,12-10+/t11-,13-,15+/m0/s1. The topological polar surface area (TPSA) is 66.8 Å². The van der Waals surface area contributed by atoms with Gasteiger partial charge >= 0.3 is 5.97 Å². The van der Waals surface area contributed by atoms with Gasteiger partial charge in [-0.1, -0.05) is 44.1 Å². The lowest BCUT2D eigenvalue weighted by Crippen LogP contribution is -2.47. The van der Waals surface area contributed by atoms with Crippen LogP contribution in [0, 0.1) is 5.92 Å². The lowest BCUT2D eigenvalue weighted by atomic mass is 9.98. The third-order valence-electron chi connectivity index (χ3n) is 3.00. The summed E-state index contributed by atoms with van der Waals surface area (Å²) < 4.78 is 4.72. The van der Waals surface area contributed by atoms with Crippen molar-refractivity contribution in [2.75, 3.05) is 6.61 Å². The quantitative estimate of drug-likeness (QED) is 0.550. The van der Waals surface area contributed by atoms with Gasteiger partial charge in [0.15, 0.2) is 5.60 Å². The molecule has 3 atom stereocenters. The van der Waals surface area contributed by atoms with Crippen LogP contribution in [0.25, 0.3) is 0 Å². The molecule has 0 aliphatic rings. The first-order chi connectivity index (χ1) is 8.75. The normalized spacial score (nSPS) is 19.0. The van der Waals surface area contributed by atoms with Crippen molar-refractivity contribution in [3.63, 3.8) is 0 Å². The molecule has 0 aromatic heterocycles. The highest BCUT2D eigenvalue weighted by molar-refractivity contribution is 5.80. The summed E-state index contributed by atoms with van der Waals surface area (Å²) in [6.45, 7) is 9.16. The van der Waals surface area contributed by atoms with Crippen molar-refractivity contribution in [3.05, 3.63) is 23.8 Å². The van der Waals surface area contributed by atoms with Crippen LogP contribution in [-0.2, 0) is 9.53 Å². The Kier molecular flexibility index (Phi) is 7.64. The number of rotatable bonds is 7. The number of allylic oxidation sites excluding steroid dienone is 3. The van der Waals surface area contributed by atoms with E-state index in [0.29, 0.717) is 5.92 Å². The molecule has 19 heavy (non-hydrogen) atoms. The van der Waals surface area contributed by atoms with Crippen LogP contribution in [0.2, 0.25) is 0 Å². The first kappa shape index (κ1) is 17.9. The number of hydrogen-bond donors (Lipinski definition) is 2. The summed E-state index contributed by atoms with van der Waals surface area (Å²) >= 11 is 0. The highest BCUT2D eigenvalue weighted by atomic mass is 16.6. The van der Waals surface area contributed by atoms with E-state index in [9.17, 15) is 15.0 Å². The van der Waals surface area contributed by atoms with Gasteiger partial charge in [-0.05, 0) is 26.7 Å². The Morgan fingerprint density at radius 1 is 1.42 bits per heavy atom. The van der Waals surface area contributed by atoms with Crippen LogP contribution in [0.5, 0.6) is 0 Å². The SMILES string of the molecule is CCOC(=O)[C@](C)(O)[C@@H](O)/C=C\C(C)=C\[C@@H](C)CC. The largest absolute Gasteiger partial charge is 0.464 e. The summed E-state index contributed by atoms with van der Waals surface area (Å²) in [5, 5.41) is 19.8. The van der Waals surface area contributed by atoms with Crippen molar-refractivity contribution in [2.24, 2.45) is 5.92 Å². The van der Waals surface area contributed by atoms with Gasteiger partial charge in [-0.2, -0.15) is 0 Å². The van der Waals surface area contributed by atoms with E-state index < -0.39 is 17.7 Å². The molecule has 0 aliphatic heterocycles. The molecule has 0 aromatic rings. The predicted octanol–water partition coefficient (Wildman–Crippen LogP) is 2.21. The van der Waals surface area contributed by atoms with Crippen LogP contribution >= 0.6 is 0 Å². The molecule has 0 fully saturated rings. The van der Waals surface area contributed by atoms with Crippen molar-refractivity contribution >= 4 is 5.97 Å². The number of esters is 1. The third kappa shape index (κ3) is 6.03. The number of aliphatic hydroxyl groups excluding tert-OH is 1. The second-order valence-electron chi connectivity index (χ2n) is 4.97. The van der Waals surface area contributed by atoms with Gasteiger partial charge in [0, 0.05) is 0 Å². The van der Waals surface area contributed by atoms with Crippen LogP contribution in [0.4, 0.5) is 0 Å². The average Bonchev–Trinajstić information content (AvgIpc) is 2.35. The summed E-state index contributed by atoms with van der Waals surface area (Å²) in [6.07, 6.45) is 4.92. The van der Waals surface area contributed by atoms with E-state index in [1.165, 1.54) is 13.0 Å². The smallest absolute Gasteiger partial charge is 0.340 e. The van der Waals surface area contributed by atoms with Crippen molar-refractivity contribution in [1.82, 2.24) is 0 Å². The zero-order chi connectivity index (χ0) is 15.1. The molecular weight excluding hydrogens is 244 g/mol. The Labute approximate surface area is 115 Å². The van der Waals surface area contributed by atoms with Gasteiger partial charge in [0.1, 0.15) is 6.10 Å². The van der Waals surface area contributed by atoms with E-state index in [1.54, 1.807) is 13.0 Å². The van der Waals surface area contributed by atoms with Crippen molar-refractivity contribution in [2.45, 2.75) is 52.7 Å². The average molecular weight is 270 g/mol. The maximum atomic E-state index is 11.5. The molecule has 0 unspecified atom stereocenters. The summed E-state index contributed by atoms with van der Waals surface area (Å²) in [5.74, 6) is -0.372. The van der Waals surface area contributed by atoms with Crippen LogP contribution in [-0.4, -0.2) is 34.5 Å². The van der Waals surface area contributed by atoms with Gasteiger partial charge in [0.2, 0.25) is 0 Å². The molecule has 110 valence electrons. The van der Waals surface area contributed by atoms with Gasteiger partial charge in [-0.25, -0.2) is 4.79 Å². The molecular formula is C15H26O4. The van der Waals surface area contributed by atoms with Crippen LogP contribution in [0.1, 0.15) is 41.0 Å². The Bertz CT molecular complexity index is 342. The van der Waals surface area contributed by atoms with E-state index >= 15 is 0 Å². The first-order valence-electron chi connectivity index (χ1n) is 6.69. The molecule has 0 heterocycles. The number of aliphatic hydroxyl groups is 2. The fraction of sp³-hybridized carbons (Fsp3) is 0.667. The summed E-state index contributed by atoms with van der Waals surface area (Å²) in [7, 11) is 0. The zero-order valence-corrected chi connectivity index (χ0v) is 12.5. The van der Waals surface area contributed by atoms with Crippen LogP contribution in [0.15, 0.2) is 23.8 Å². The minimum Gasteiger partial charge on any atom is -0.464 e. The highest BCUT2D eigenvalue weighted by Gasteiger charge is 2.38. The second kappa shape index (κ2) is 8.12. The van der Waals surface area contributed by atoms with E-state index in [1.807, 2.05) is 6.92 Å². The summed E-state index contributed by atoms with van der Waals surface area (Å²) in [4.78, 5) is 11.5. The van der Waals surface area contributed by atoms with Gasteiger partial charge < -0.3 is 14.9 Å². The predicted molar refractivity (Wildman–Crippen MR) is 75.6 cm³/mol. The molecule has 4 heteroatoms. The van der Waals surface area contributed by atoms with Gasteiger partial charge in [0.05, 0.1) is 6.61 Å². The maximum Gasteiger partial charge on any atom is 0.340 e. The number of carbonyl (C=O) groups excluding carboxylic acids is 1. The molecule has 0 aliphatic carbocycles. The second-order valence-corrected chi connectivity index (χ2v) is 4.97. The molecule has 0 amide bonds. The Morgan fingerprint density at radius 3 is 2.47 bits per heavy atom. The van der Waals surface area contributed by atoms with Crippen molar-refractivity contribution < 1.29 is 19.7 Å². The first-order valence-corrected chi connectivity index (χ1v) is 6.69. The van der Waals surface area contributed by atoms with E-state index in [0.717, 1.165) is 12.0 Å². The molecule has 0 rings (SSSR count). The van der Waals surface area contributed by atoms with Crippen molar-refractivity contribution in [3.8, 4) is 0 Å². The highest BCUT2D eigenvalue weighted by Crippen LogP contribution is 2.15. The Balaban J connectivity index is 4.71. The summed E-state index contributed by atoms with van der Waals surface area (Å²) in [5.41, 5.74) is -0.948. The van der Waals surface area contributed by atoms with Crippen molar-refractivity contribution in [1.29, 1.82) is 0 Å². The molecule has 0 bridgehead atoms. The third-order valence-corrected chi connectivity index (χ3v) is 3.00. The molecule has 2 N–H and O–H groups in total. The number of carbonyl (C=O) groups is 1. The molecule has 0 spiro atoms. The van der Waals surface area contributed by atoms with Crippen LogP contribution in [0.3, 0.4) is 0 Å². The lowest BCUT2D eigenvalue weighted by molar-refractivity contribution is -0.171. The zero-order valence-electron chi connectivity index (χ0n) is 12.5. The van der Waals surface area contributed by atoms with Crippen LogP contribution < -0.4 is 0 Å². The fourth-order valence-corrected chi connectivity index (χ4v) is 1.45. The Morgan fingerprint density at radius 2 is 2.00 bits per heavy atom. The summed E-state index contributed by atoms with van der Waals surface area (Å²) in [6, 6.07) is 0. The van der Waals surface area contributed by atoms with Gasteiger partial charge in [-0.15, -0.1) is 0 Å². The lowest BCUT2D eigenvalue weighted by Gasteiger charge is -2.24.